The second kappa shape index (κ2) is 4.70. The van der Waals surface area contributed by atoms with Crippen LogP contribution in [-0.4, -0.2) is 21.8 Å². The maximum atomic E-state index is 13.8. The molecule has 1 fully saturated rings. The standard InChI is InChI=1S/C14H17BrFN3O/c1-14(2)7-8(3-4-20-14)19-12-6-10(16)9(15)5-11(12)18-13(19)17/h5-6,8H,3-4,7H2,1-2H3,(H2,17,18). The van der Waals surface area contributed by atoms with Crippen LogP contribution in [0.5, 0.6) is 0 Å². The van der Waals surface area contributed by atoms with Crippen LogP contribution in [0.2, 0.25) is 0 Å². The number of benzene rings is 1. The van der Waals surface area contributed by atoms with Crippen molar-refractivity contribution < 1.29 is 9.13 Å². The maximum absolute atomic E-state index is 13.8. The Morgan fingerprint density at radius 3 is 2.95 bits per heavy atom. The minimum absolute atomic E-state index is 0.185. The lowest BCUT2D eigenvalue weighted by atomic mass is 9.93. The summed E-state index contributed by atoms with van der Waals surface area (Å²) in [6.45, 7) is 4.80. The van der Waals surface area contributed by atoms with E-state index in [9.17, 15) is 4.39 Å². The highest BCUT2D eigenvalue weighted by molar-refractivity contribution is 9.10. The summed E-state index contributed by atoms with van der Waals surface area (Å²) in [5.74, 6) is 0.130. The molecule has 2 heterocycles. The molecule has 20 heavy (non-hydrogen) atoms. The molecule has 0 bridgehead atoms. The minimum Gasteiger partial charge on any atom is -0.375 e. The molecule has 1 aromatic carbocycles. The molecule has 0 aliphatic carbocycles. The van der Waals surface area contributed by atoms with Crippen molar-refractivity contribution in [3.05, 3.63) is 22.4 Å². The molecule has 2 aromatic rings. The van der Waals surface area contributed by atoms with Gasteiger partial charge in [-0.3, -0.25) is 0 Å². The predicted octanol–water partition coefficient (Wildman–Crippen LogP) is 3.65. The van der Waals surface area contributed by atoms with Crippen molar-refractivity contribution in [3.63, 3.8) is 0 Å². The number of imidazole rings is 1. The van der Waals surface area contributed by atoms with Crippen LogP contribution in [0, 0.1) is 5.82 Å². The van der Waals surface area contributed by atoms with E-state index in [4.69, 9.17) is 10.5 Å². The van der Waals surface area contributed by atoms with Crippen LogP contribution in [0.25, 0.3) is 11.0 Å². The summed E-state index contributed by atoms with van der Waals surface area (Å²) in [5.41, 5.74) is 7.30. The highest BCUT2D eigenvalue weighted by Gasteiger charge is 2.31. The van der Waals surface area contributed by atoms with Gasteiger partial charge in [0, 0.05) is 18.7 Å². The van der Waals surface area contributed by atoms with Gasteiger partial charge in [-0.1, -0.05) is 0 Å². The molecular weight excluding hydrogens is 325 g/mol. The van der Waals surface area contributed by atoms with Crippen molar-refractivity contribution in [1.29, 1.82) is 0 Å². The number of halogens is 2. The lowest BCUT2D eigenvalue weighted by Gasteiger charge is -2.36. The molecule has 0 radical (unpaired) electrons. The molecule has 0 saturated carbocycles. The third-order valence-electron chi connectivity index (χ3n) is 3.80. The highest BCUT2D eigenvalue weighted by atomic mass is 79.9. The smallest absolute Gasteiger partial charge is 0.201 e. The van der Waals surface area contributed by atoms with E-state index in [0.29, 0.717) is 22.5 Å². The van der Waals surface area contributed by atoms with Crippen LogP contribution in [0.4, 0.5) is 10.3 Å². The molecule has 0 amide bonds. The van der Waals surface area contributed by atoms with E-state index in [1.807, 2.05) is 4.57 Å². The molecule has 1 atom stereocenters. The molecule has 1 unspecified atom stereocenters. The van der Waals surface area contributed by atoms with E-state index in [1.165, 1.54) is 6.07 Å². The average molecular weight is 342 g/mol. The van der Waals surface area contributed by atoms with Gasteiger partial charge in [0.15, 0.2) is 0 Å². The molecule has 2 N–H and O–H groups in total. The lowest BCUT2D eigenvalue weighted by Crippen LogP contribution is -2.35. The summed E-state index contributed by atoms with van der Waals surface area (Å²) in [6.07, 6.45) is 1.69. The Labute approximate surface area is 125 Å². The number of aromatic nitrogens is 2. The van der Waals surface area contributed by atoms with E-state index < -0.39 is 0 Å². The van der Waals surface area contributed by atoms with Crippen molar-refractivity contribution in [1.82, 2.24) is 9.55 Å². The number of fused-ring (bicyclic) bond motifs is 1. The molecule has 1 aliphatic heterocycles. The Bertz CT molecular complexity index is 668. The Morgan fingerprint density at radius 1 is 1.50 bits per heavy atom. The van der Waals surface area contributed by atoms with Gasteiger partial charge in [0.1, 0.15) is 5.82 Å². The topological polar surface area (TPSA) is 53.1 Å². The molecule has 4 nitrogen and oxygen atoms in total. The van der Waals surface area contributed by atoms with Gasteiger partial charge in [-0.15, -0.1) is 0 Å². The quantitative estimate of drug-likeness (QED) is 0.861. The van der Waals surface area contributed by atoms with Crippen LogP contribution in [0.1, 0.15) is 32.7 Å². The molecular formula is C14H17BrFN3O. The van der Waals surface area contributed by atoms with Crippen molar-refractivity contribution in [3.8, 4) is 0 Å². The van der Waals surface area contributed by atoms with Crippen molar-refractivity contribution >= 4 is 32.9 Å². The first kappa shape index (κ1) is 13.8. The second-order valence-electron chi connectivity index (χ2n) is 5.85. The molecule has 108 valence electrons. The van der Waals surface area contributed by atoms with Crippen LogP contribution in [-0.2, 0) is 4.74 Å². The zero-order valence-corrected chi connectivity index (χ0v) is 13.1. The maximum Gasteiger partial charge on any atom is 0.201 e. The average Bonchev–Trinajstić information content (AvgIpc) is 2.64. The van der Waals surface area contributed by atoms with E-state index in [0.717, 1.165) is 18.4 Å². The van der Waals surface area contributed by atoms with Crippen LogP contribution in [0.3, 0.4) is 0 Å². The number of anilines is 1. The fourth-order valence-electron chi connectivity index (χ4n) is 2.91. The van der Waals surface area contributed by atoms with Crippen molar-refractivity contribution in [2.75, 3.05) is 12.3 Å². The van der Waals surface area contributed by atoms with Gasteiger partial charge in [0.25, 0.3) is 0 Å². The van der Waals surface area contributed by atoms with Gasteiger partial charge in [-0.2, -0.15) is 0 Å². The predicted molar refractivity (Wildman–Crippen MR) is 80.1 cm³/mol. The van der Waals surface area contributed by atoms with Gasteiger partial charge >= 0.3 is 0 Å². The Hall–Kier alpha value is -1.14. The fourth-order valence-corrected chi connectivity index (χ4v) is 3.24. The third kappa shape index (κ3) is 2.31. The van der Waals surface area contributed by atoms with Gasteiger partial charge in [0.2, 0.25) is 5.95 Å². The second-order valence-corrected chi connectivity index (χ2v) is 6.70. The Balaban J connectivity index is 2.11. The molecule has 3 rings (SSSR count). The molecule has 0 spiro atoms. The number of ether oxygens (including phenoxy) is 1. The van der Waals surface area contributed by atoms with Gasteiger partial charge in [0.05, 0.1) is 21.1 Å². The first-order valence-corrected chi connectivity index (χ1v) is 7.43. The first-order valence-electron chi connectivity index (χ1n) is 6.64. The first-order chi connectivity index (χ1) is 9.37. The molecule has 1 saturated heterocycles. The van der Waals surface area contributed by atoms with Crippen LogP contribution in [0.15, 0.2) is 16.6 Å². The molecule has 1 aromatic heterocycles. The van der Waals surface area contributed by atoms with Crippen molar-refractivity contribution in [2.24, 2.45) is 0 Å². The Morgan fingerprint density at radius 2 is 2.25 bits per heavy atom. The lowest BCUT2D eigenvalue weighted by molar-refractivity contribution is -0.0682. The number of hydrogen-bond donors (Lipinski definition) is 1. The summed E-state index contributed by atoms with van der Waals surface area (Å²) in [7, 11) is 0. The summed E-state index contributed by atoms with van der Waals surface area (Å²) < 4.78 is 21.9. The largest absolute Gasteiger partial charge is 0.375 e. The van der Waals surface area contributed by atoms with Gasteiger partial charge < -0.3 is 15.0 Å². The number of nitrogens with two attached hydrogens (primary N) is 1. The molecule has 6 heteroatoms. The van der Waals surface area contributed by atoms with E-state index >= 15 is 0 Å². The number of rotatable bonds is 1. The normalized spacial score (nSPS) is 22.3. The fraction of sp³-hybridized carbons (Fsp3) is 0.500. The summed E-state index contributed by atoms with van der Waals surface area (Å²) in [6, 6.07) is 3.34. The summed E-state index contributed by atoms with van der Waals surface area (Å²) >= 11 is 3.18. The molecule has 1 aliphatic rings. The third-order valence-corrected chi connectivity index (χ3v) is 4.40. The van der Waals surface area contributed by atoms with Crippen LogP contribution >= 0.6 is 15.9 Å². The highest BCUT2D eigenvalue weighted by Crippen LogP contribution is 2.36. The number of hydrogen-bond acceptors (Lipinski definition) is 3. The number of nitrogens with zero attached hydrogens (tertiary/aromatic N) is 2. The van der Waals surface area contributed by atoms with E-state index in [2.05, 4.69) is 34.8 Å². The minimum atomic E-state index is -0.301. The van der Waals surface area contributed by atoms with Crippen LogP contribution < -0.4 is 5.73 Å². The van der Waals surface area contributed by atoms with E-state index in [1.54, 1.807) is 6.07 Å². The van der Waals surface area contributed by atoms with Gasteiger partial charge in [-0.05, 0) is 48.7 Å². The van der Waals surface area contributed by atoms with Gasteiger partial charge in [-0.25, -0.2) is 9.37 Å². The van der Waals surface area contributed by atoms with E-state index in [-0.39, 0.29) is 17.5 Å². The van der Waals surface area contributed by atoms with Crippen molar-refractivity contribution in [2.45, 2.75) is 38.3 Å². The number of nitrogen functional groups attached to an aromatic ring is 1. The zero-order valence-electron chi connectivity index (χ0n) is 11.5. The summed E-state index contributed by atoms with van der Waals surface area (Å²) in [4.78, 5) is 4.34. The SMILES string of the molecule is CC1(C)CC(n2c(N)nc3cc(Br)c(F)cc32)CCO1. The monoisotopic (exact) mass is 341 g/mol. The summed E-state index contributed by atoms with van der Waals surface area (Å²) in [5, 5.41) is 0. The zero-order chi connectivity index (χ0) is 14.5. The Kier molecular flexibility index (Phi) is 3.25.